The molecule has 1 aliphatic carbocycles. The van der Waals surface area contributed by atoms with Gasteiger partial charge in [-0.1, -0.05) is 6.08 Å². The summed E-state index contributed by atoms with van der Waals surface area (Å²) < 4.78 is 11.5. The molecule has 1 aromatic heterocycles. The van der Waals surface area contributed by atoms with E-state index in [0.717, 1.165) is 12.8 Å². The number of rotatable bonds is 5. The zero-order valence-electron chi connectivity index (χ0n) is 12.6. The summed E-state index contributed by atoms with van der Waals surface area (Å²) in [6, 6.07) is 1.84. The van der Waals surface area contributed by atoms with E-state index in [4.69, 9.17) is 9.47 Å². The van der Waals surface area contributed by atoms with Gasteiger partial charge in [0.05, 0.1) is 49.9 Å². The first-order valence-electron chi connectivity index (χ1n) is 7.69. The van der Waals surface area contributed by atoms with E-state index >= 15 is 0 Å². The van der Waals surface area contributed by atoms with Crippen molar-refractivity contribution in [1.29, 1.82) is 0 Å². The maximum absolute atomic E-state index is 12.7. The van der Waals surface area contributed by atoms with Gasteiger partial charge >= 0.3 is 0 Å². The molecule has 2 fully saturated rings. The molecule has 1 saturated heterocycles. The van der Waals surface area contributed by atoms with Crippen LogP contribution in [0.1, 0.15) is 23.2 Å². The standard InChI is InChI=1S/C16H21N3O3/c1-2-8-21-11-13-3-4-14-15(13)22-9-7-19(14)16(20)12-5-6-17-18-10-12/h2,5-6,10,13-15H,1,3-4,7-9,11H2/t13-,14+,15+/m1/s1. The molecule has 2 aliphatic rings. The maximum atomic E-state index is 12.7. The molecule has 118 valence electrons. The zero-order valence-corrected chi connectivity index (χ0v) is 12.6. The molecular formula is C16H21N3O3. The van der Waals surface area contributed by atoms with Crippen molar-refractivity contribution in [3.63, 3.8) is 0 Å². The molecule has 1 saturated carbocycles. The average molecular weight is 303 g/mol. The smallest absolute Gasteiger partial charge is 0.255 e. The molecule has 0 bridgehead atoms. The minimum Gasteiger partial charge on any atom is -0.377 e. The number of amides is 1. The van der Waals surface area contributed by atoms with Crippen molar-refractivity contribution in [1.82, 2.24) is 15.1 Å². The summed E-state index contributed by atoms with van der Waals surface area (Å²) in [5.41, 5.74) is 0.585. The molecule has 0 spiro atoms. The maximum Gasteiger partial charge on any atom is 0.255 e. The highest BCUT2D eigenvalue weighted by atomic mass is 16.5. The van der Waals surface area contributed by atoms with Crippen molar-refractivity contribution in [2.45, 2.75) is 25.0 Å². The Bertz CT molecular complexity index is 523. The third-order valence-electron chi connectivity index (χ3n) is 4.38. The highest BCUT2D eigenvalue weighted by Gasteiger charge is 2.44. The highest BCUT2D eigenvalue weighted by Crippen LogP contribution is 2.35. The van der Waals surface area contributed by atoms with Gasteiger partial charge in [0, 0.05) is 12.5 Å². The molecule has 6 heteroatoms. The van der Waals surface area contributed by atoms with E-state index in [-0.39, 0.29) is 18.1 Å². The van der Waals surface area contributed by atoms with E-state index < -0.39 is 0 Å². The second kappa shape index (κ2) is 6.98. The third kappa shape index (κ3) is 3.03. The van der Waals surface area contributed by atoms with Gasteiger partial charge < -0.3 is 14.4 Å². The van der Waals surface area contributed by atoms with Gasteiger partial charge in [0.1, 0.15) is 0 Å². The van der Waals surface area contributed by atoms with Crippen molar-refractivity contribution in [3.8, 4) is 0 Å². The molecule has 22 heavy (non-hydrogen) atoms. The molecule has 0 unspecified atom stereocenters. The van der Waals surface area contributed by atoms with E-state index in [0.29, 0.717) is 37.8 Å². The summed E-state index contributed by atoms with van der Waals surface area (Å²) in [6.07, 6.45) is 6.86. The molecule has 2 heterocycles. The summed E-state index contributed by atoms with van der Waals surface area (Å²) in [4.78, 5) is 14.6. The van der Waals surface area contributed by atoms with Gasteiger partial charge in [0.25, 0.3) is 5.91 Å². The predicted molar refractivity (Wildman–Crippen MR) is 80.3 cm³/mol. The number of aromatic nitrogens is 2. The zero-order chi connectivity index (χ0) is 15.4. The Morgan fingerprint density at radius 2 is 2.41 bits per heavy atom. The van der Waals surface area contributed by atoms with Crippen molar-refractivity contribution in [3.05, 3.63) is 36.7 Å². The van der Waals surface area contributed by atoms with Gasteiger partial charge in [0.2, 0.25) is 0 Å². The molecule has 1 aromatic rings. The fraction of sp³-hybridized carbons (Fsp3) is 0.562. The van der Waals surface area contributed by atoms with Crippen LogP contribution in [0.25, 0.3) is 0 Å². The summed E-state index contributed by atoms with van der Waals surface area (Å²) >= 11 is 0. The van der Waals surface area contributed by atoms with Crippen molar-refractivity contribution in [2.24, 2.45) is 5.92 Å². The fourth-order valence-corrected chi connectivity index (χ4v) is 3.38. The van der Waals surface area contributed by atoms with Gasteiger partial charge in [-0.05, 0) is 18.9 Å². The molecule has 0 N–H and O–H groups in total. The third-order valence-corrected chi connectivity index (χ3v) is 4.38. The van der Waals surface area contributed by atoms with Crippen LogP contribution in [0.15, 0.2) is 31.1 Å². The number of carbonyl (C=O) groups is 1. The Balaban J connectivity index is 1.67. The van der Waals surface area contributed by atoms with Crippen molar-refractivity contribution in [2.75, 3.05) is 26.4 Å². The van der Waals surface area contributed by atoms with Crippen LogP contribution in [-0.2, 0) is 9.47 Å². The quantitative estimate of drug-likeness (QED) is 0.606. The van der Waals surface area contributed by atoms with Gasteiger partial charge in [-0.2, -0.15) is 10.2 Å². The lowest BCUT2D eigenvalue weighted by molar-refractivity contribution is -0.0738. The van der Waals surface area contributed by atoms with Crippen molar-refractivity contribution < 1.29 is 14.3 Å². The monoisotopic (exact) mass is 303 g/mol. The predicted octanol–water partition coefficient (Wildman–Crippen LogP) is 1.30. The molecular weight excluding hydrogens is 282 g/mol. The normalized spacial score (nSPS) is 27.5. The van der Waals surface area contributed by atoms with Crippen LogP contribution < -0.4 is 0 Å². The first-order chi connectivity index (χ1) is 10.8. The van der Waals surface area contributed by atoms with Crippen LogP contribution in [0.2, 0.25) is 0 Å². The number of hydrogen-bond donors (Lipinski definition) is 0. The first-order valence-corrected chi connectivity index (χ1v) is 7.69. The van der Waals surface area contributed by atoms with E-state index in [1.165, 1.54) is 6.20 Å². The topological polar surface area (TPSA) is 64.6 Å². The van der Waals surface area contributed by atoms with E-state index in [1.807, 2.05) is 4.90 Å². The van der Waals surface area contributed by atoms with Crippen LogP contribution in [-0.4, -0.2) is 59.5 Å². The summed E-state index contributed by atoms with van der Waals surface area (Å²) in [6.45, 7) is 6.07. The summed E-state index contributed by atoms with van der Waals surface area (Å²) in [7, 11) is 0. The second-order valence-electron chi connectivity index (χ2n) is 5.70. The van der Waals surface area contributed by atoms with Crippen LogP contribution in [0.4, 0.5) is 0 Å². The number of carbonyl (C=O) groups excluding carboxylic acids is 1. The summed E-state index contributed by atoms with van der Waals surface area (Å²) in [5, 5.41) is 7.52. The number of ether oxygens (including phenoxy) is 2. The lowest BCUT2D eigenvalue weighted by atomic mass is 10.0. The molecule has 0 aromatic carbocycles. The van der Waals surface area contributed by atoms with E-state index in [1.54, 1.807) is 18.3 Å². The van der Waals surface area contributed by atoms with Crippen LogP contribution >= 0.6 is 0 Å². The highest BCUT2D eigenvalue weighted by molar-refractivity contribution is 5.94. The van der Waals surface area contributed by atoms with Gasteiger partial charge in [-0.25, -0.2) is 0 Å². The SMILES string of the molecule is C=CCOC[C@H]1CC[C@H]2[C@H]1OCCN2C(=O)c1ccnnc1. The Morgan fingerprint density at radius 3 is 3.18 bits per heavy atom. The largest absolute Gasteiger partial charge is 0.377 e. The van der Waals surface area contributed by atoms with Crippen molar-refractivity contribution >= 4 is 5.91 Å². The number of morpholine rings is 1. The first kappa shape index (κ1) is 15.1. The molecule has 1 aliphatic heterocycles. The Kier molecular flexibility index (Phi) is 4.80. The second-order valence-corrected chi connectivity index (χ2v) is 5.70. The van der Waals surface area contributed by atoms with Gasteiger partial charge in [-0.3, -0.25) is 4.79 Å². The number of fused-ring (bicyclic) bond motifs is 1. The van der Waals surface area contributed by atoms with Crippen LogP contribution in [0.5, 0.6) is 0 Å². The lowest BCUT2D eigenvalue weighted by Crippen LogP contribution is -2.53. The fourth-order valence-electron chi connectivity index (χ4n) is 3.38. The Hall–Kier alpha value is -1.79. The minimum absolute atomic E-state index is 0.0147. The van der Waals surface area contributed by atoms with Gasteiger partial charge in [0.15, 0.2) is 0 Å². The molecule has 6 nitrogen and oxygen atoms in total. The molecule has 1 amide bonds. The molecule has 0 radical (unpaired) electrons. The van der Waals surface area contributed by atoms with E-state index in [9.17, 15) is 4.79 Å². The van der Waals surface area contributed by atoms with Crippen LogP contribution in [0, 0.1) is 5.92 Å². The Labute approximate surface area is 130 Å². The number of nitrogens with zero attached hydrogens (tertiary/aromatic N) is 3. The number of hydrogen-bond acceptors (Lipinski definition) is 5. The van der Waals surface area contributed by atoms with E-state index in [2.05, 4.69) is 16.8 Å². The summed E-state index contributed by atoms with van der Waals surface area (Å²) in [5.74, 6) is 0.358. The molecule has 3 rings (SSSR count). The Morgan fingerprint density at radius 1 is 1.50 bits per heavy atom. The molecule has 3 atom stereocenters. The average Bonchev–Trinajstić information content (AvgIpc) is 2.98. The van der Waals surface area contributed by atoms with Crippen LogP contribution in [0.3, 0.4) is 0 Å². The lowest BCUT2D eigenvalue weighted by Gasteiger charge is -2.39. The minimum atomic E-state index is 0.0147. The van der Waals surface area contributed by atoms with Gasteiger partial charge in [-0.15, -0.1) is 6.58 Å².